The molecule has 0 radical (unpaired) electrons. The molecular weight excluding hydrogens is 514 g/mol. The van der Waals surface area contributed by atoms with Crippen molar-refractivity contribution in [3.8, 4) is 0 Å². The number of anilines is 1. The first-order valence-electron chi connectivity index (χ1n) is 11.4. The molecule has 1 aliphatic heterocycles. The number of fused-ring (bicyclic) bond motifs is 1. The van der Waals surface area contributed by atoms with E-state index in [1.165, 1.54) is 4.90 Å². The van der Waals surface area contributed by atoms with Crippen LogP contribution in [0.1, 0.15) is 46.4 Å². The molecule has 0 spiro atoms. The summed E-state index contributed by atoms with van der Waals surface area (Å²) in [6.07, 6.45) is 5.52. The lowest BCUT2D eigenvalue weighted by molar-refractivity contribution is 0.0608. The molecule has 172 valence electrons. The summed E-state index contributed by atoms with van der Waals surface area (Å²) in [4.78, 5) is 31.9. The van der Waals surface area contributed by atoms with Gasteiger partial charge in [0.25, 0.3) is 11.8 Å². The Hall–Kier alpha value is -2.96. The normalized spacial score (nSPS) is 13.2. The Bertz CT molecular complexity index is 1400. The fraction of sp³-hybridized carbons (Fsp3) is 0.222. The van der Waals surface area contributed by atoms with Crippen molar-refractivity contribution in [2.45, 2.75) is 25.7 Å². The fourth-order valence-electron chi connectivity index (χ4n) is 4.56. The predicted molar refractivity (Wildman–Crippen MR) is 141 cm³/mol. The lowest BCUT2D eigenvalue weighted by Crippen LogP contribution is -2.40. The van der Waals surface area contributed by atoms with E-state index in [2.05, 4.69) is 26.2 Å². The van der Waals surface area contributed by atoms with E-state index in [-0.39, 0.29) is 11.8 Å². The smallest absolute Gasteiger partial charge is 0.261 e. The van der Waals surface area contributed by atoms with Crippen LogP contribution in [0, 0.1) is 0 Å². The minimum absolute atomic E-state index is 0.201. The maximum Gasteiger partial charge on any atom is 0.261 e. The van der Waals surface area contributed by atoms with E-state index in [1.54, 1.807) is 12.3 Å². The number of hydrogen-bond donors (Lipinski definition) is 1. The van der Waals surface area contributed by atoms with Crippen molar-refractivity contribution < 1.29 is 9.59 Å². The van der Waals surface area contributed by atoms with Gasteiger partial charge in [0, 0.05) is 56.4 Å². The highest BCUT2D eigenvalue weighted by molar-refractivity contribution is 9.10. The Labute approximate surface area is 211 Å². The van der Waals surface area contributed by atoms with E-state index in [9.17, 15) is 9.59 Å². The first kappa shape index (κ1) is 22.8. The van der Waals surface area contributed by atoms with Gasteiger partial charge < -0.3 is 5.32 Å². The molecule has 34 heavy (non-hydrogen) atoms. The predicted octanol–water partition coefficient (Wildman–Crippen LogP) is 7.07. The van der Waals surface area contributed by atoms with Gasteiger partial charge in [-0.25, -0.2) is 0 Å². The fourth-order valence-corrected chi connectivity index (χ4v) is 5.19. The highest BCUT2D eigenvalue weighted by Gasteiger charge is 2.32. The first-order valence-corrected chi connectivity index (χ1v) is 12.6. The molecule has 5 rings (SSSR count). The molecule has 1 aromatic heterocycles. The second-order valence-corrected chi connectivity index (χ2v) is 9.74. The van der Waals surface area contributed by atoms with Crippen LogP contribution in [0.25, 0.3) is 21.7 Å². The second-order valence-electron chi connectivity index (χ2n) is 8.45. The molecule has 5 nitrogen and oxygen atoms in total. The highest BCUT2D eigenvalue weighted by Crippen LogP contribution is 2.34. The molecule has 4 aromatic rings. The Morgan fingerprint density at radius 3 is 2.53 bits per heavy atom. The number of unbranched alkanes of at least 4 members (excludes halogenated alkanes) is 3. The molecular formula is C27H23BrClN3O2. The van der Waals surface area contributed by atoms with Crippen LogP contribution in [0.15, 0.2) is 65.3 Å². The van der Waals surface area contributed by atoms with Gasteiger partial charge in [0.15, 0.2) is 0 Å². The van der Waals surface area contributed by atoms with Gasteiger partial charge in [-0.1, -0.05) is 52.5 Å². The van der Waals surface area contributed by atoms with Crippen LogP contribution >= 0.6 is 27.5 Å². The lowest BCUT2D eigenvalue weighted by atomic mass is 9.94. The summed E-state index contributed by atoms with van der Waals surface area (Å²) in [7, 11) is 0. The number of imide groups is 1. The number of amides is 2. The van der Waals surface area contributed by atoms with E-state index in [0.717, 1.165) is 64.1 Å². The summed E-state index contributed by atoms with van der Waals surface area (Å²) < 4.78 is 0.888. The summed E-state index contributed by atoms with van der Waals surface area (Å²) in [5, 5.41) is 6.86. The van der Waals surface area contributed by atoms with Crippen LogP contribution in [0.4, 0.5) is 5.69 Å². The summed E-state index contributed by atoms with van der Waals surface area (Å²) in [6, 6.07) is 17.0. The molecule has 3 aromatic carbocycles. The van der Waals surface area contributed by atoms with E-state index >= 15 is 0 Å². The van der Waals surface area contributed by atoms with Gasteiger partial charge in [-0.15, -0.1) is 0 Å². The molecule has 7 heteroatoms. The number of aromatic nitrogens is 1. The van der Waals surface area contributed by atoms with Crippen molar-refractivity contribution in [2.24, 2.45) is 0 Å². The lowest BCUT2D eigenvalue weighted by Gasteiger charge is -2.27. The zero-order valence-electron chi connectivity index (χ0n) is 18.5. The SMILES string of the molecule is O=C1c2cccc3c(Br)ccc(c23)C(=O)N1CCCCCCNc1ccnc2cc(Cl)ccc12. The van der Waals surface area contributed by atoms with Gasteiger partial charge in [-0.05, 0) is 60.7 Å². The number of nitrogens with zero attached hydrogens (tertiary/aromatic N) is 2. The summed E-state index contributed by atoms with van der Waals surface area (Å²) in [5.41, 5.74) is 3.12. The van der Waals surface area contributed by atoms with E-state index in [4.69, 9.17) is 11.6 Å². The summed E-state index contributed by atoms with van der Waals surface area (Å²) >= 11 is 9.59. The maximum absolute atomic E-state index is 13.0. The minimum Gasteiger partial charge on any atom is -0.384 e. The molecule has 0 atom stereocenters. The minimum atomic E-state index is -0.201. The monoisotopic (exact) mass is 535 g/mol. The van der Waals surface area contributed by atoms with Gasteiger partial charge in [0.1, 0.15) is 0 Å². The van der Waals surface area contributed by atoms with Gasteiger partial charge in [-0.3, -0.25) is 19.5 Å². The molecule has 1 N–H and O–H groups in total. The van der Waals surface area contributed by atoms with Crippen molar-refractivity contribution in [1.82, 2.24) is 9.88 Å². The van der Waals surface area contributed by atoms with E-state index in [0.29, 0.717) is 22.7 Å². The third kappa shape index (κ3) is 4.28. The van der Waals surface area contributed by atoms with Crippen LogP contribution in [-0.4, -0.2) is 34.8 Å². The van der Waals surface area contributed by atoms with Gasteiger partial charge in [0.05, 0.1) is 5.52 Å². The van der Waals surface area contributed by atoms with Crippen molar-refractivity contribution in [1.29, 1.82) is 0 Å². The highest BCUT2D eigenvalue weighted by atomic mass is 79.9. The van der Waals surface area contributed by atoms with Crippen molar-refractivity contribution in [2.75, 3.05) is 18.4 Å². The zero-order chi connectivity index (χ0) is 23.7. The number of hydrogen-bond acceptors (Lipinski definition) is 4. The number of nitrogens with one attached hydrogen (secondary N) is 1. The number of carbonyl (C=O) groups is 2. The van der Waals surface area contributed by atoms with Crippen LogP contribution in [0.2, 0.25) is 5.02 Å². The molecule has 0 saturated carbocycles. The van der Waals surface area contributed by atoms with Crippen LogP contribution in [-0.2, 0) is 0 Å². The molecule has 2 amide bonds. The van der Waals surface area contributed by atoms with E-state index < -0.39 is 0 Å². The third-order valence-corrected chi connectivity index (χ3v) is 7.19. The number of pyridine rings is 1. The van der Waals surface area contributed by atoms with Crippen molar-refractivity contribution in [3.05, 3.63) is 81.4 Å². The average Bonchev–Trinajstić information content (AvgIpc) is 2.84. The maximum atomic E-state index is 13.0. The molecule has 0 bridgehead atoms. The van der Waals surface area contributed by atoms with E-state index in [1.807, 2.05) is 48.5 Å². The molecule has 0 saturated heterocycles. The Morgan fingerprint density at radius 2 is 1.68 bits per heavy atom. The van der Waals surface area contributed by atoms with Crippen LogP contribution in [0.3, 0.4) is 0 Å². The molecule has 0 fully saturated rings. The number of halogens is 2. The van der Waals surface area contributed by atoms with Crippen LogP contribution < -0.4 is 5.32 Å². The molecule has 1 aliphatic rings. The molecule has 0 aliphatic carbocycles. The zero-order valence-corrected chi connectivity index (χ0v) is 20.8. The Morgan fingerprint density at radius 1 is 0.882 bits per heavy atom. The largest absolute Gasteiger partial charge is 0.384 e. The summed E-state index contributed by atoms with van der Waals surface area (Å²) in [6.45, 7) is 1.28. The van der Waals surface area contributed by atoms with Gasteiger partial charge in [0.2, 0.25) is 0 Å². The van der Waals surface area contributed by atoms with Crippen molar-refractivity contribution in [3.63, 3.8) is 0 Å². The topological polar surface area (TPSA) is 62.3 Å². The van der Waals surface area contributed by atoms with Crippen molar-refractivity contribution >= 4 is 66.7 Å². The number of carbonyl (C=O) groups excluding carboxylic acids is 2. The third-order valence-electron chi connectivity index (χ3n) is 6.27. The average molecular weight is 537 g/mol. The number of benzene rings is 3. The second kappa shape index (κ2) is 9.72. The Balaban J connectivity index is 1.13. The number of rotatable bonds is 8. The Kier molecular flexibility index (Phi) is 6.53. The first-order chi connectivity index (χ1) is 16.5. The van der Waals surface area contributed by atoms with Gasteiger partial charge >= 0.3 is 0 Å². The summed E-state index contributed by atoms with van der Waals surface area (Å²) in [5.74, 6) is -0.403. The molecule has 0 unspecified atom stereocenters. The quantitative estimate of drug-likeness (QED) is 0.193. The molecule has 2 heterocycles. The van der Waals surface area contributed by atoms with Crippen LogP contribution in [0.5, 0.6) is 0 Å². The van der Waals surface area contributed by atoms with Gasteiger partial charge in [-0.2, -0.15) is 0 Å². The standard InChI is InChI=1S/C27H23BrClN3O2/c28-22-11-10-21-25-18(22)6-5-7-20(25)26(33)32(27(21)34)15-4-2-1-3-13-30-23-12-14-31-24-16-17(29)8-9-19(23)24/h5-12,14,16H,1-4,13,15H2,(H,30,31).